The Balaban J connectivity index is 1.81. The molecule has 1 aromatic rings. The van der Waals surface area contributed by atoms with Crippen LogP contribution in [0.2, 0.25) is 0 Å². The van der Waals surface area contributed by atoms with Crippen LogP contribution in [0.5, 0.6) is 5.75 Å². The van der Waals surface area contributed by atoms with Crippen LogP contribution in [0.4, 0.5) is 0 Å². The maximum absolute atomic E-state index is 12.1. The van der Waals surface area contributed by atoms with Crippen molar-refractivity contribution in [2.24, 2.45) is 5.92 Å². The first kappa shape index (κ1) is 12.5. The molecule has 19 heavy (non-hydrogen) atoms. The zero-order valence-corrected chi connectivity index (χ0v) is 11.2. The monoisotopic (exact) mass is 281 g/mol. The van der Waals surface area contributed by atoms with E-state index >= 15 is 0 Å². The topological polar surface area (TPSA) is 72.5 Å². The fourth-order valence-electron chi connectivity index (χ4n) is 2.28. The Morgan fingerprint density at radius 3 is 2.79 bits per heavy atom. The largest absolute Gasteiger partial charge is 0.493 e. The maximum atomic E-state index is 12.1. The molecule has 0 radical (unpaired) electrons. The molecule has 3 rings (SSSR count). The van der Waals surface area contributed by atoms with Crippen LogP contribution in [0.3, 0.4) is 0 Å². The van der Waals surface area contributed by atoms with E-state index in [1.54, 1.807) is 12.1 Å². The average molecular weight is 281 g/mol. The van der Waals surface area contributed by atoms with Crippen molar-refractivity contribution in [1.82, 2.24) is 4.72 Å². The van der Waals surface area contributed by atoms with Gasteiger partial charge in [-0.1, -0.05) is 6.42 Å². The smallest absolute Gasteiger partial charge is 0.264 e. The highest BCUT2D eigenvalue weighted by molar-refractivity contribution is 7.90. The average Bonchev–Trinajstić information content (AvgIpc) is 2.72. The number of hydrogen-bond acceptors (Lipinski definition) is 4. The molecule has 1 aliphatic heterocycles. The molecule has 1 aromatic carbocycles. The fourth-order valence-corrected chi connectivity index (χ4v) is 3.37. The van der Waals surface area contributed by atoms with Crippen LogP contribution in [0.15, 0.2) is 23.1 Å². The zero-order chi connectivity index (χ0) is 13.5. The summed E-state index contributed by atoms with van der Waals surface area (Å²) in [5.74, 6) is 0.194. The lowest BCUT2D eigenvalue weighted by Gasteiger charge is -2.23. The lowest BCUT2D eigenvalue weighted by Crippen LogP contribution is -2.38. The molecule has 1 N–H and O–H groups in total. The second-order valence-electron chi connectivity index (χ2n) is 4.97. The van der Waals surface area contributed by atoms with Gasteiger partial charge in [-0.3, -0.25) is 4.79 Å². The van der Waals surface area contributed by atoms with E-state index in [-0.39, 0.29) is 16.7 Å². The Kier molecular flexibility index (Phi) is 2.97. The zero-order valence-electron chi connectivity index (χ0n) is 10.4. The van der Waals surface area contributed by atoms with E-state index < -0.39 is 10.0 Å². The second-order valence-corrected chi connectivity index (χ2v) is 6.65. The standard InChI is InChI=1S/C13H15NO4S/c15-13(9-2-1-3-9)14-19(16,17)11-4-5-12-10(8-11)6-7-18-12/h4-5,8-9H,1-3,6-7H2,(H,14,15). The number of hydrogen-bond donors (Lipinski definition) is 1. The Bertz CT molecular complexity index is 620. The number of amides is 1. The quantitative estimate of drug-likeness (QED) is 0.904. The van der Waals surface area contributed by atoms with Gasteiger partial charge in [-0.2, -0.15) is 0 Å². The van der Waals surface area contributed by atoms with Crippen LogP contribution in [0, 0.1) is 5.92 Å². The van der Waals surface area contributed by atoms with Crippen LogP contribution >= 0.6 is 0 Å². The second kappa shape index (κ2) is 4.52. The van der Waals surface area contributed by atoms with E-state index in [2.05, 4.69) is 4.72 Å². The molecule has 6 heteroatoms. The minimum atomic E-state index is -3.76. The number of sulfonamides is 1. The first-order chi connectivity index (χ1) is 9.06. The molecular weight excluding hydrogens is 266 g/mol. The molecule has 0 bridgehead atoms. The van der Waals surface area contributed by atoms with Crippen molar-refractivity contribution < 1.29 is 17.9 Å². The van der Waals surface area contributed by atoms with Crippen molar-refractivity contribution in [3.05, 3.63) is 23.8 Å². The summed E-state index contributed by atoms with van der Waals surface area (Å²) in [7, 11) is -3.76. The first-order valence-electron chi connectivity index (χ1n) is 6.39. The molecular formula is C13H15NO4S. The van der Waals surface area contributed by atoms with Gasteiger partial charge in [0, 0.05) is 12.3 Å². The molecule has 0 unspecified atom stereocenters. The van der Waals surface area contributed by atoms with Crippen molar-refractivity contribution in [1.29, 1.82) is 0 Å². The molecule has 1 aliphatic carbocycles. The van der Waals surface area contributed by atoms with E-state index in [0.717, 1.165) is 30.6 Å². The summed E-state index contributed by atoms with van der Waals surface area (Å²) in [6, 6.07) is 4.70. The third kappa shape index (κ3) is 2.32. The van der Waals surface area contributed by atoms with Crippen molar-refractivity contribution >= 4 is 15.9 Å². The Morgan fingerprint density at radius 1 is 1.32 bits per heavy atom. The number of carbonyl (C=O) groups is 1. The summed E-state index contributed by atoms with van der Waals surface area (Å²) in [6.07, 6.45) is 3.25. The highest BCUT2D eigenvalue weighted by Crippen LogP contribution is 2.29. The molecule has 5 nitrogen and oxygen atoms in total. The molecule has 0 atom stereocenters. The van der Waals surface area contributed by atoms with Crippen molar-refractivity contribution in [3.8, 4) is 5.75 Å². The van der Waals surface area contributed by atoms with E-state index in [0.29, 0.717) is 13.0 Å². The van der Waals surface area contributed by atoms with E-state index in [1.165, 1.54) is 6.07 Å². The van der Waals surface area contributed by atoms with Crippen LogP contribution < -0.4 is 9.46 Å². The third-order valence-electron chi connectivity index (χ3n) is 3.68. The molecule has 1 amide bonds. The van der Waals surface area contributed by atoms with Gasteiger partial charge in [-0.15, -0.1) is 0 Å². The summed E-state index contributed by atoms with van der Waals surface area (Å²) in [5, 5.41) is 0. The lowest BCUT2D eigenvalue weighted by atomic mass is 9.85. The lowest BCUT2D eigenvalue weighted by molar-refractivity contribution is -0.125. The van der Waals surface area contributed by atoms with Gasteiger partial charge in [0.1, 0.15) is 5.75 Å². The summed E-state index contributed by atoms with van der Waals surface area (Å²) in [6.45, 7) is 0.577. The summed E-state index contributed by atoms with van der Waals surface area (Å²) in [4.78, 5) is 11.9. The summed E-state index contributed by atoms with van der Waals surface area (Å²) < 4.78 is 31.7. The van der Waals surface area contributed by atoms with Crippen LogP contribution in [0.1, 0.15) is 24.8 Å². The van der Waals surface area contributed by atoms with Gasteiger partial charge in [0.25, 0.3) is 10.0 Å². The SMILES string of the molecule is O=C(NS(=O)(=O)c1ccc2c(c1)CCO2)C1CCC1. The number of carbonyl (C=O) groups excluding carboxylic acids is 1. The Hall–Kier alpha value is -1.56. The van der Waals surface area contributed by atoms with Gasteiger partial charge in [-0.25, -0.2) is 13.1 Å². The molecule has 2 aliphatic rings. The van der Waals surface area contributed by atoms with Gasteiger partial charge < -0.3 is 4.74 Å². The van der Waals surface area contributed by atoms with Gasteiger partial charge in [0.2, 0.25) is 5.91 Å². The molecule has 1 fully saturated rings. The van der Waals surface area contributed by atoms with Crippen LogP contribution in [-0.4, -0.2) is 20.9 Å². The van der Waals surface area contributed by atoms with Gasteiger partial charge in [0.15, 0.2) is 0 Å². The van der Waals surface area contributed by atoms with E-state index in [1.807, 2.05) is 0 Å². The van der Waals surface area contributed by atoms with Crippen LogP contribution in [0.25, 0.3) is 0 Å². The molecule has 0 saturated heterocycles. The van der Waals surface area contributed by atoms with Gasteiger partial charge in [-0.05, 0) is 36.6 Å². The predicted octanol–water partition coefficient (Wildman–Crippen LogP) is 1.23. The highest BCUT2D eigenvalue weighted by atomic mass is 32.2. The maximum Gasteiger partial charge on any atom is 0.264 e. The molecule has 102 valence electrons. The third-order valence-corrected chi connectivity index (χ3v) is 5.03. The van der Waals surface area contributed by atoms with Crippen LogP contribution in [-0.2, 0) is 21.2 Å². The minimum absolute atomic E-state index is 0.129. The molecule has 0 aromatic heterocycles. The van der Waals surface area contributed by atoms with Gasteiger partial charge >= 0.3 is 0 Å². The number of fused-ring (bicyclic) bond motifs is 1. The van der Waals surface area contributed by atoms with Crippen molar-refractivity contribution in [2.75, 3.05) is 6.61 Å². The molecule has 1 heterocycles. The highest BCUT2D eigenvalue weighted by Gasteiger charge is 2.29. The minimum Gasteiger partial charge on any atom is -0.493 e. The normalized spacial score (nSPS) is 18.3. The number of ether oxygens (including phenoxy) is 1. The van der Waals surface area contributed by atoms with Gasteiger partial charge in [0.05, 0.1) is 11.5 Å². The predicted molar refractivity (Wildman–Crippen MR) is 68.3 cm³/mol. The fraction of sp³-hybridized carbons (Fsp3) is 0.462. The van der Waals surface area contributed by atoms with E-state index in [4.69, 9.17) is 4.74 Å². The number of rotatable bonds is 3. The molecule has 0 spiro atoms. The summed E-state index contributed by atoms with van der Waals surface area (Å²) in [5.41, 5.74) is 0.874. The number of nitrogens with one attached hydrogen (secondary N) is 1. The van der Waals surface area contributed by atoms with Crippen molar-refractivity contribution in [2.45, 2.75) is 30.6 Å². The summed E-state index contributed by atoms with van der Waals surface area (Å²) >= 11 is 0. The van der Waals surface area contributed by atoms with E-state index in [9.17, 15) is 13.2 Å². The first-order valence-corrected chi connectivity index (χ1v) is 7.87. The molecule has 1 saturated carbocycles. The number of benzene rings is 1. The van der Waals surface area contributed by atoms with Crippen molar-refractivity contribution in [3.63, 3.8) is 0 Å². The Morgan fingerprint density at radius 2 is 2.11 bits per heavy atom. The Labute approximate surface area is 112 Å².